The Labute approximate surface area is 127 Å². The Hall–Kier alpha value is -1.80. The molecule has 1 unspecified atom stereocenters. The Balaban J connectivity index is 2.38. The smallest absolute Gasteiger partial charge is 0.123 e. The number of rotatable bonds is 7. The van der Waals surface area contributed by atoms with Crippen LogP contribution >= 0.6 is 0 Å². The van der Waals surface area contributed by atoms with Crippen LogP contribution in [0.15, 0.2) is 48.6 Å². The summed E-state index contributed by atoms with van der Waals surface area (Å²) in [6, 6.07) is 12.7. The molecule has 0 amide bonds. The van der Waals surface area contributed by atoms with E-state index >= 15 is 0 Å². The minimum atomic E-state index is 0.160. The van der Waals surface area contributed by atoms with E-state index in [0.29, 0.717) is 6.61 Å². The summed E-state index contributed by atoms with van der Waals surface area (Å²) in [5, 5.41) is 2.47. The Morgan fingerprint density at radius 3 is 2.67 bits per heavy atom. The first kappa shape index (κ1) is 15.6. The van der Waals surface area contributed by atoms with Gasteiger partial charge in [-0.1, -0.05) is 50.8 Å². The third kappa shape index (κ3) is 3.85. The quantitative estimate of drug-likeness (QED) is 0.761. The van der Waals surface area contributed by atoms with Crippen molar-refractivity contribution in [3.05, 3.63) is 54.1 Å². The third-order valence-electron chi connectivity index (χ3n) is 3.92. The van der Waals surface area contributed by atoms with E-state index in [0.717, 1.165) is 30.6 Å². The van der Waals surface area contributed by atoms with Crippen molar-refractivity contribution < 1.29 is 4.74 Å². The lowest BCUT2D eigenvalue weighted by atomic mass is 9.97. The molecule has 0 aliphatic heterocycles. The molecule has 21 heavy (non-hydrogen) atoms. The first-order valence-corrected chi connectivity index (χ1v) is 7.71. The van der Waals surface area contributed by atoms with Gasteiger partial charge in [-0.15, -0.1) is 0 Å². The lowest BCUT2D eigenvalue weighted by molar-refractivity contribution is 0.345. The van der Waals surface area contributed by atoms with Crippen molar-refractivity contribution >= 4 is 10.8 Å². The summed E-state index contributed by atoms with van der Waals surface area (Å²) in [4.78, 5) is 0. The van der Waals surface area contributed by atoms with Crippen LogP contribution in [0.5, 0.6) is 5.75 Å². The molecular weight excluding hydrogens is 258 g/mol. The van der Waals surface area contributed by atoms with Crippen molar-refractivity contribution in [2.45, 2.75) is 39.2 Å². The molecule has 112 valence electrons. The third-order valence-corrected chi connectivity index (χ3v) is 3.92. The predicted molar refractivity (Wildman–Crippen MR) is 90.8 cm³/mol. The number of hydrogen-bond donors (Lipinski definition) is 1. The molecule has 2 aromatic carbocycles. The fourth-order valence-electron chi connectivity index (χ4n) is 2.35. The van der Waals surface area contributed by atoms with Crippen LogP contribution in [0.3, 0.4) is 0 Å². The van der Waals surface area contributed by atoms with E-state index in [1.165, 1.54) is 16.3 Å². The van der Waals surface area contributed by atoms with Crippen LogP contribution in [-0.2, 0) is 6.42 Å². The average Bonchev–Trinajstić information content (AvgIpc) is 2.53. The Morgan fingerprint density at radius 2 is 1.95 bits per heavy atom. The maximum atomic E-state index is 6.17. The van der Waals surface area contributed by atoms with Gasteiger partial charge in [0.2, 0.25) is 0 Å². The summed E-state index contributed by atoms with van der Waals surface area (Å²) in [6.45, 7) is 8.80. The molecule has 1 atom stereocenters. The summed E-state index contributed by atoms with van der Waals surface area (Å²) in [5.74, 6) is 0.937. The first-order chi connectivity index (χ1) is 10.2. The number of hydrogen-bond acceptors (Lipinski definition) is 2. The second-order valence-electron chi connectivity index (χ2n) is 5.53. The van der Waals surface area contributed by atoms with Crippen LogP contribution in [0.25, 0.3) is 10.8 Å². The molecule has 2 nitrogen and oxygen atoms in total. The predicted octanol–water partition coefficient (Wildman–Crippen LogP) is 4.46. The fourth-order valence-corrected chi connectivity index (χ4v) is 2.35. The van der Waals surface area contributed by atoms with E-state index < -0.39 is 0 Å². The highest BCUT2D eigenvalue weighted by atomic mass is 16.5. The topological polar surface area (TPSA) is 35.2 Å². The maximum Gasteiger partial charge on any atom is 0.123 e. The van der Waals surface area contributed by atoms with E-state index in [-0.39, 0.29) is 6.04 Å². The molecule has 2 aromatic rings. The van der Waals surface area contributed by atoms with Crippen molar-refractivity contribution in [1.82, 2.24) is 0 Å². The van der Waals surface area contributed by atoms with Crippen molar-refractivity contribution in [3.8, 4) is 5.75 Å². The van der Waals surface area contributed by atoms with E-state index in [1.54, 1.807) is 0 Å². The zero-order chi connectivity index (χ0) is 15.2. The second kappa shape index (κ2) is 7.28. The minimum absolute atomic E-state index is 0.160. The molecule has 2 N–H and O–H groups in total. The van der Waals surface area contributed by atoms with Gasteiger partial charge >= 0.3 is 0 Å². The lowest BCUT2D eigenvalue weighted by Gasteiger charge is -2.17. The normalized spacial score (nSPS) is 12.3. The number of nitrogens with two attached hydrogens (primary N) is 1. The van der Waals surface area contributed by atoms with Crippen LogP contribution < -0.4 is 10.5 Å². The maximum absolute atomic E-state index is 6.17. The molecule has 0 saturated carbocycles. The minimum Gasteiger partial charge on any atom is -0.489 e. The average molecular weight is 283 g/mol. The van der Waals surface area contributed by atoms with E-state index in [9.17, 15) is 0 Å². The van der Waals surface area contributed by atoms with Gasteiger partial charge in [-0.3, -0.25) is 0 Å². The summed E-state index contributed by atoms with van der Waals surface area (Å²) in [7, 11) is 0. The highest BCUT2D eigenvalue weighted by Crippen LogP contribution is 2.29. The van der Waals surface area contributed by atoms with E-state index in [1.807, 2.05) is 0 Å². The molecule has 0 bridgehead atoms. The SMILES string of the molecule is C=C(CC)COc1ccc2ccccc2c1CC(N)CC. The van der Waals surface area contributed by atoms with Crippen LogP contribution in [0.2, 0.25) is 0 Å². The zero-order valence-electron chi connectivity index (χ0n) is 13.1. The molecule has 0 aliphatic rings. The van der Waals surface area contributed by atoms with Gasteiger partial charge < -0.3 is 10.5 Å². The van der Waals surface area contributed by atoms with Crippen molar-refractivity contribution in [2.75, 3.05) is 6.61 Å². The first-order valence-electron chi connectivity index (χ1n) is 7.71. The standard InChI is InChI=1S/C19H25NO/c1-4-14(3)13-21-19-11-10-15-8-6-7-9-17(15)18(19)12-16(20)5-2/h6-11,16H,3-5,12-13,20H2,1-2H3. The molecule has 0 heterocycles. The molecular formula is C19H25NO. The highest BCUT2D eigenvalue weighted by Gasteiger charge is 2.12. The summed E-state index contributed by atoms with van der Waals surface area (Å²) in [6.07, 6.45) is 2.74. The summed E-state index contributed by atoms with van der Waals surface area (Å²) >= 11 is 0. The van der Waals surface area contributed by atoms with Gasteiger partial charge in [-0.2, -0.15) is 0 Å². The van der Waals surface area contributed by atoms with E-state index in [2.05, 4.69) is 56.8 Å². The van der Waals surface area contributed by atoms with Gasteiger partial charge in [-0.05, 0) is 41.7 Å². The summed E-state index contributed by atoms with van der Waals surface area (Å²) in [5.41, 5.74) is 8.49. The Kier molecular flexibility index (Phi) is 5.40. The Morgan fingerprint density at radius 1 is 1.19 bits per heavy atom. The molecule has 0 fully saturated rings. The van der Waals surface area contributed by atoms with Crippen molar-refractivity contribution in [3.63, 3.8) is 0 Å². The number of benzene rings is 2. The van der Waals surface area contributed by atoms with Crippen LogP contribution in [0.1, 0.15) is 32.3 Å². The van der Waals surface area contributed by atoms with Gasteiger partial charge in [-0.25, -0.2) is 0 Å². The second-order valence-corrected chi connectivity index (χ2v) is 5.53. The monoisotopic (exact) mass is 283 g/mol. The zero-order valence-corrected chi connectivity index (χ0v) is 13.1. The van der Waals surface area contributed by atoms with Crippen LogP contribution in [0.4, 0.5) is 0 Å². The Bertz CT molecular complexity index is 618. The molecule has 2 rings (SSSR count). The molecule has 0 saturated heterocycles. The highest BCUT2D eigenvalue weighted by molar-refractivity contribution is 5.87. The van der Waals surface area contributed by atoms with Gasteiger partial charge in [0.1, 0.15) is 12.4 Å². The number of fused-ring (bicyclic) bond motifs is 1. The van der Waals surface area contributed by atoms with Crippen LogP contribution in [0, 0.1) is 0 Å². The molecule has 2 heteroatoms. The molecule has 0 spiro atoms. The lowest BCUT2D eigenvalue weighted by Crippen LogP contribution is -2.22. The van der Waals surface area contributed by atoms with Gasteiger partial charge in [0.05, 0.1) is 0 Å². The van der Waals surface area contributed by atoms with Crippen LogP contribution in [-0.4, -0.2) is 12.6 Å². The van der Waals surface area contributed by atoms with Gasteiger partial charge in [0.15, 0.2) is 0 Å². The molecule has 0 aliphatic carbocycles. The van der Waals surface area contributed by atoms with Gasteiger partial charge in [0, 0.05) is 11.6 Å². The largest absolute Gasteiger partial charge is 0.489 e. The fraction of sp³-hybridized carbons (Fsp3) is 0.368. The van der Waals surface area contributed by atoms with E-state index in [4.69, 9.17) is 10.5 Å². The van der Waals surface area contributed by atoms with Gasteiger partial charge in [0.25, 0.3) is 0 Å². The number of ether oxygens (including phenoxy) is 1. The summed E-state index contributed by atoms with van der Waals surface area (Å²) < 4.78 is 5.99. The molecule has 0 radical (unpaired) electrons. The molecule has 0 aromatic heterocycles. The van der Waals surface area contributed by atoms with Crippen molar-refractivity contribution in [1.29, 1.82) is 0 Å². The van der Waals surface area contributed by atoms with Crippen molar-refractivity contribution in [2.24, 2.45) is 5.73 Å².